The zero-order chi connectivity index (χ0) is 31.6. The molecule has 0 saturated carbocycles. The van der Waals surface area contributed by atoms with Gasteiger partial charge in [-0.1, -0.05) is 127 Å². The fourth-order valence-electron chi connectivity index (χ4n) is 7.17. The van der Waals surface area contributed by atoms with Gasteiger partial charge < -0.3 is 4.42 Å². The van der Waals surface area contributed by atoms with Crippen LogP contribution in [-0.2, 0) is 0 Å². The summed E-state index contributed by atoms with van der Waals surface area (Å²) in [4.78, 5) is 10.5. The van der Waals surface area contributed by atoms with Crippen LogP contribution in [0.1, 0.15) is 0 Å². The van der Waals surface area contributed by atoms with E-state index in [1.807, 2.05) is 24.3 Å². The van der Waals surface area contributed by atoms with Crippen LogP contribution in [0.4, 0.5) is 0 Å². The topological polar surface area (TPSA) is 43.9 Å². The van der Waals surface area contributed by atoms with Gasteiger partial charge >= 0.3 is 0 Å². The highest BCUT2D eigenvalue weighted by Crippen LogP contribution is 2.41. The Balaban J connectivity index is 1.17. The molecule has 0 radical (unpaired) electrons. The van der Waals surface area contributed by atoms with Crippen molar-refractivity contribution in [3.8, 4) is 39.5 Å². The highest BCUT2D eigenvalue weighted by atomic mass is 16.3. The zero-order valence-electron chi connectivity index (χ0n) is 25.8. The van der Waals surface area contributed by atoms with E-state index in [0.29, 0.717) is 5.95 Å². The van der Waals surface area contributed by atoms with Crippen molar-refractivity contribution in [2.75, 3.05) is 0 Å². The van der Waals surface area contributed by atoms with Crippen molar-refractivity contribution >= 4 is 54.6 Å². The molecule has 0 N–H and O–H groups in total. The second-order valence-corrected chi connectivity index (χ2v) is 12.2. The number of aromatic nitrogens is 3. The summed E-state index contributed by atoms with van der Waals surface area (Å²) in [7, 11) is 0. The van der Waals surface area contributed by atoms with Gasteiger partial charge in [0.05, 0.1) is 27.6 Å². The Morgan fingerprint density at radius 1 is 0.417 bits per heavy atom. The van der Waals surface area contributed by atoms with Crippen LogP contribution in [0.3, 0.4) is 0 Å². The number of benzene rings is 7. The lowest BCUT2D eigenvalue weighted by Gasteiger charge is -2.13. The van der Waals surface area contributed by atoms with E-state index < -0.39 is 0 Å². The van der Waals surface area contributed by atoms with Gasteiger partial charge in [0.2, 0.25) is 5.95 Å². The number of nitrogens with zero attached hydrogens (tertiary/aromatic N) is 3. The van der Waals surface area contributed by atoms with Crippen LogP contribution in [0.2, 0.25) is 0 Å². The molecule has 4 heteroatoms. The minimum absolute atomic E-state index is 0.628. The molecule has 0 aliphatic heterocycles. The molecule has 0 bridgehead atoms. The monoisotopic (exact) mass is 613 g/mol. The first-order valence-electron chi connectivity index (χ1n) is 16.2. The Morgan fingerprint density at radius 2 is 1.06 bits per heavy atom. The van der Waals surface area contributed by atoms with Gasteiger partial charge in [-0.25, -0.2) is 9.97 Å². The summed E-state index contributed by atoms with van der Waals surface area (Å²) in [6, 6.07) is 57.2. The molecule has 3 aromatic heterocycles. The van der Waals surface area contributed by atoms with Crippen molar-refractivity contribution < 1.29 is 4.42 Å². The number of rotatable bonds is 4. The third-order valence-corrected chi connectivity index (χ3v) is 9.43. The molecule has 3 heterocycles. The molecule has 10 rings (SSSR count). The van der Waals surface area contributed by atoms with Crippen molar-refractivity contribution in [1.82, 2.24) is 14.5 Å². The molecule has 4 nitrogen and oxygen atoms in total. The quantitative estimate of drug-likeness (QED) is 0.198. The number of fused-ring (bicyclic) bond motifs is 8. The molecular formula is C44H27N3O. The van der Waals surface area contributed by atoms with Crippen molar-refractivity contribution in [2.24, 2.45) is 0 Å². The predicted molar refractivity (Wildman–Crippen MR) is 197 cm³/mol. The fourth-order valence-corrected chi connectivity index (χ4v) is 7.17. The maximum Gasteiger partial charge on any atom is 0.235 e. The number of hydrogen-bond donors (Lipinski definition) is 0. The molecule has 10 aromatic rings. The molecule has 0 fully saturated rings. The minimum atomic E-state index is 0.628. The molecule has 0 atom stereocenters. The molecule has 48 heavy (non-hydrogen) atoms. The second-order valence-electron chi connectivity index (χ2n) is 12.2. The Kier molecular flexibility index (Phi) is 5.84. The summed E-state index contributed by atoms with van der Waals surface area (Å²) in [5.41, 5.74) is 11.4. The largest absolute Gasteiger partial charge is 0.455 e. The lowest BCUT2D eigenvalue weighted by atomic mass is 9.97. The summed E-state index contributed by atoms with van der Waals surface area (Å²) in [5, 5.41) is 5.41. The summed E-state index contributed by atoms with van der Waals surface area (Å²) < 4.78 is 8.70. The molecular weight excluding hydrogens is 587 g/mol. The van der Waals surface area contributed by atoms with Crippen LogP contribution in [0.5, 0.6) is 0 Å². The molecule has 7 aromatic carbocycles. The first-order chi connectivity index (χ1) is 23.8. The molecule has 0 aliphatic carbocycles. The van der Waals surface area contributed by atoms with Crippen LogP contribution in [0, 0.1) is 0 Å². The summed E-state index contributed by atoms with van der Waals surface area (Å²) in [5.74, 6) is 0.628. The van der Waals surface area contributed by atoms with E-state index in [4.69, 9.17) is 14.4 Å². The van der Waals surface area contributed by atoms with Gasteiger partial charge in [0, 0.05) is 27.1 Å². The average molecular weight is 614 g/mol. The Hall–Kier alpha value is -6.52. The summed E-state index contributed by atoms with van der Waals surface area (Å²) in [6.45, 7) is 0. The Labute approximate surface area is 276 Å². The van der Waals surface area contributed by atoms with E-state index >= 15 is 0 Å². The van der Waals surface area contributed by atoms with Crippen LogP contribution in [-0.4, -0.2) is 14.5 Å². The van der Waals surface area contributed by atoms with Gasteiger partial charge in [0.15, 0.2) is 0 Å². The van der Waals surface area contributed by atoms with Crippen LogP contribution >= 0.6 is 0 Å². The third-order valence-electron chi connectivity index (χ3n) is 9.43. The lowest BCUT2D eigenvalue weighted by Crippen LogP contribution is -2.03. The maximum absolute atomic E-state index is 6.52. The van der Waals surface area contributed by atoms with Crippen molar-refractivity contribution in [3.05, 3.63) is 164 Å². The minimum Gasteiger partial charge on any atom is -0.455 e. The molecule has 224 valence electrons. The van der Waals surface area contributed by atoms with E-state index in [1.165, 1.54) is 11.1 Å². The van der Waals surface area contributed by atoms with E-state index in [2.05, 4.69) is 144 Å². The Bertz CT molecular complexity index is 2830. The average Bonchev–Trinajstić information content (AvgIpc) is 3.71. The van der Waals surface area contributed by atoms with Crippen LogP contribution in [0.25, 0.3) is 94.1 Å². The van der Waals surface area contributed by atoms with Crippen LogP contribution < -0.4 is 0 Å². The van der Waals surface area contributed by atoms with Gasteiger partial charge in [-0.15, -0.1) is 0 Å². The normalized spacial score (nSPS) is 11.8. The zero-order valence-corrected chi connectivity index (χ0v) is 25.8. The maximum atomic E-state index is 6.52. The summed E-state index contributed by atoms with van der Waals surface area (Å²) >= 11 is 0. The first kappa shape index (κ1) is 26.7. The first-order valence-corrected chi connectivity index (χ1v) is 16.2. The standard InChI is InChI=1S/C44H27N3O/c1-2-11-28(12-3-1)29-21-23-30(24-22-29)31-13-10-14-32(27-31)42-35-16-4-7-18-37(35)45-44(46-42)47-38-19-8-5-17-36(38)41-39(47)26-25-34-33-15-6-9-20-40(33)48-43(34)41/h1-27H. The summed E-state index contributed by atoms with van der Waals surface area (Å²) in [6.07, 6.45) is 0. The second kappa shape index (κ2) is 10.5. The fraction of sp³-hybridized carbons (Fsp3) is 0. The van der Waals surface area contributed by atoms with Gasteiger partial charge in [-0.2, -0.15) is 0 Å². The smallest absolute Gasteiger partial charge is 0.235 e. The van der Waals surface area contributed by atoms with E-state index in [9.17, 15) is 0 Å². The molecule has 0 unspecified atom stereocenters. The van der Waals surface area contributed by atoms with Gasteiger partial charge in [-0.05, 0) is 58.7 Å². The molecule has 0 saturated heterocycles. The molecule has 0 amide bonds. The number of furan rings is 1. The highest BCUT2D eigenvalue weighted by molar-refractivity contribution is 6.23. The Morgan fingerprint density at radius 3 is 1.92 bits per heavy atom. The van der Waals surface area contributed by atoms with E-state index in [1.54, 1.807) is 0 Å². The van der Waals surface area contributed by atoms with E-state index in [0.717, 1.165) is 77.0 Å². The van der Waals surface area contributed by atoms with E-state index in [-0.39, 0.29) is 0 Å². The highest BCUT2D eigenvalue weighted by Gasteiger charge is 2.21. The third kappa shape index (κ3) is 4.10. The lowest BCUT2D eigenvalue weighted by molar-refractivity contribution is 0.673. The van der Waals surface area contributed by atoms with Crippen LogP contribution in [0.15, 0.2) is 168 Å². The van der Waals surface area contributed by atoms with Gasteiger partial charge in [0.1, 0.15) is 11.2 Å². The van der Waals surface area contributed by atoms with Gasteiger partial charge in [-0.3, -0.25) is 4.57 Å². The molecule has 0 aliphatic rings. The predicted octanol–water partition coefficient (Wildman–Crippen LogP) is 11.6. The van der Waals surface area contributed by atoms with Crippen molar-refractivity contribution in [1.29, 1.82) is 0 Å². The number of hydrogen-bond acceptors (Lipinski definition) is 3. The van der Waals surface area contributed by atoms with Crippen molar-refractivity contribution in [3.63, 3.8) is 0 Å². The molecule has 0 spiro atoms. The van der Waals surface area contributed by atoms with Gasteiger partial charge in [0.25, 0.3) is 0 Å². The SMILES string of the molecule is c1ccc(-c2ccc(-c3cccc(-c4nc(-n5c6ccccc6c6c7oc8ccccc8c7ccc65)nc5ccccc45)c3)cc2)cc1. The number of para-hydroxylation sites is 3. The van der Waals surface area contributed by atoms with Crippen molar-refractivity contribution in [2.45, 2.75) is 0 Å².